The minimum absolute atomic E-state index is 0.658. The quantitative estimate of drug-likeness (QED) is 0.737. The predicted octanol–water partition coefficient (Wildman–Crippen LogP) is 3.35. The second-order valence-electron chi connectivity index (χ2n) is 5.50. The first-order valence-electron chi connectivity index (χ1n) is 7.26. The van der Waals surface area contributed by atoms with Crippen LogP contribution in [0.5, 0.6) is 0 Å². The molecule has 0 aromatic carbocycles. The highest BCUT2D eigenvalue weighted by Gasteiger charge is 2.25. The van der Waals surface area contributed by atoms with Crippen LogP contribution in [0, 0.1) is 5.92 Å². The molecule has 0 bridgehead atoms. The van der Waals surface area contributed by atoms with Gasteiger partial charge in [-0.1, -0.05) is 13.0 Å². The molecule has 1 aromatic heterocycles. The molecule has 3 heteroatoms. The van der Waals surface area contributed by atoms with Crippen LogP contribution in [0.1, 0.15) is 38.0 Å². The Morgan fingerprint density at radius 1 is 1.50 bits per heavy atom. The average molecular weight is 266 g/mol. The number of thiophene rings is 1. The smallest absolute Gasteiger partial charge is 0.0300 e. The Morgan fingerprint density at radius 2 is 2.33 bits per heavy atom. The lowest BCUT2D eigenvalue weighted by atomic mass is 10.2. The van der Waals surface area contributed by atoms with Gasteiger partial charge in [0.05, 0.1) is 0 Å². The summed E-state index contributed by atoms with van der Waals surface area (Å²) in [6.07, 6.45) is 4.17. The molecule has 0 amide bonds. The molecule has 0 saturated heterocycles. The summed E-state index contributed by atoms with van der Waals surface area (Å²) in [4.78, 5) is 4.10. The van der Waals surface area contributed by atoms with Gasteiger partial charge in [0.2, 0.25) is 0 Å². The van der Waals surface area contributed by atoms with Crippen molar-refractivity contribution >= 4 is 11.3 Å². The fourth-order valence-corrected chi connectivity index (χ4v) is 3.03. The molecular formula is C15H26N2S. The molecule has 1 heterocycles. The van der Waals surface area contributed by atoms with E-state index in [9.17, 15) is 0 Å². The molecule has 0 radical (unpaired) electrons. The lowest BCUT2D eigenvalue weighted by molar-refractivity contribution is 0.196. The average Bonchev–Trinajstić information content (AvgIpc) is 3.02. The van der Waals surface area contributed by atoms with E-state index in [1.165, 1.54) is 37.2 Å². The molecule has 1 N–H and O–H groups in total. The Kier molecular flexibility index (Phi) is 5.67. The summed E-state index contributed by atoms with van der Waals surface area (Å²) in [6, 6.07) is 4.99. The first kappa shape index (κ1) is 14.0. The zero-order valence-electron chi connectivity index (χ0n) is 11.7. The van der Waals surface area contributed by atoms with Crippen molar-refractivity contribution in [3.8, 4) is 0 Å². The summed E-state index contributed by atoms with van der Waals surface area (Å²) in [6.45, 7) is 9.33. The molecule has 1 unspecified atom stereocenters. The van der Waals surface area contributed by atoms with Crippen molar-refractivity contribution < 1.29 is 0 Å². The minimum Gasteiger partial charge on any atom is -0.310 e. The number of nitrogens with zero attached hydrogens (tertiary/aromatic N) is 1. The van der Waals surface area contributed by atoms with Crippen LogP contribution >= 0.6 is 11.3 Å². The van der Waals surface area contributed by atoms with Crippen molar-refractivity contribution in [3.63, 3.8) is 0 Å². The van der Waals surface area contributed by atoms with Crippen molar-refractivity contribution in [3.05, 3.63) is 22.4 Å². The number of hydrogen-bond acceptors (Lipinski definition) is 3. The van der Waals surface area contributed by atoms with E-state index < -0.39 is 0 Å². The largest absolute Gasteiger partial charge is 0.310 e. The third-order valence-electron chi connectivity index (χ3n) is 3.64. The van der Waals surface area contributed by atoms with Gasteiger partial charge in [-0.2, -0.15) is 0 Å². The summed E-state index contributed by atoms with van der Waals surface area (Å²) >= 11 is 1.84. The third-order valence-corrected chi connectivity index (χ3v) is 4.52. The van der Waals surface area contributed by atoms with Crippen LogP contribution in [0.25, 0.3) is 0 Å². The Hall–Kier alpha value is -0.380. The topological polar surface area (TPSA) is 15.3 Å². The Morgan fingerprint density at radius 3 is 2.94 bits per heavy atom. The van der Waals surface area contributed by atoms with E-state index >= 15 is 0 Å². The van der Waals surface area contributed by atoms with Gasteiger partial charge in [0, 0.05) is 30.6 Å². The van der Waals surface area contributed by atoms with E-state index in [0.717, 1.165) is 19.0 Å². The highest BCUT2D eigenvalue weighted by atomic mass is 32.1. The molecule has 102 valence electrons. The van der Waals surface area contributed by atoms with Crippen LogP contribution in [0.4, 0.5) is 0 Å². The SMILES string of the molecule is CCCN(CC1CC1)C(C)CNCc1cccs1. The van der Waals surface area contributed by atoms with Gasteiger partial charge in [-0.3, -0.25) is 4.90 Å². The number of hydrogen-bond donors (Lipinski definition) is 1. The van der Waals surface area contributed by atoms with Gasteiger partial charge >= 0.3 is 0 Å². The van der Waals surface area contributed by atoms with Crippen molar-refractivity contribution in [1.82, 2.24) is 10.2 Å². The fraction of sp³-hybridized carbons (Fsp3) is 0.733. The highest BCUT2D eigenvalue weighted by molar-refractivity contribution is 7.09. The Bertz CT molecular complexity index is 319. The first-order chi connectivity index (χ1) is 8.79. The van der Waals surface area contributed by atoms with Gasteiger partial charge < -0.3 is 5.32 Å². The maximum absolute atomic E-state index is 3.59. The molecule has 0 aliphatic heterocycles. The van der Waals surface area contributed by atoms with Crippen LogP contribution in [-0.4, -0.2) is 30.6 Å². The molecule has 1 saturated carbocycles. The predicted molar refractivity (Wildman–Crippen MR) is 80.1 cm³/mol. The maximum atomic E-state index is 3.59. The van der Waals surface area contributed by atoms with Gasteiger partial charge in [-0.15, -0.1) is 11.3 Å². The molecule has 1 aromatic rings. The molecular weight excluding hydrogens is 240 g/mol. The molecule has 2 rings (SSSR count). The number of nitrogens with one attached hydrogen (secondary N) is 1. The second kappa shape index (κ2) is 7.27. The summed E-state index contributed by atoms with van der Waals surface area (Å²) in [7, 11) is 0. The van der Waals surface area contributed by atoms with Crippen molar-refractivity contribution in [2.24, 2.45) is 5.92 Å². The molecule has 1 aliphatic rings. The van der Waals surface area contributed by atoms with Gasteiger partial charge in [0.25, 0.3) is 0 Å². The van der Waals surface area contributed by atoms with Crippen LogP contribution in [-0.2, 0) is 6.54 Å². The lowest BCUT2D eigenvalue weighted by Gasteiger charge is -2.29. The van der Waals surface area contributed by atoms with Crippen LogP contribution in [0.2, 0.25) is 0 Å². The standard InChI is InChI=1S/C15H26N2S/c1-3-8-17(12-14-6-7-14)13(2)10-16-11-15-5-4-9-18-15/h4-5,9,13-14,16H,3,6-8,10-12H2,1-2H3. The molecule has 18 heavy (non-hydrogen) atoms. The van der Waals surface area contributed by atoms with E-state index in [1.54, 1.807) is 0 Å². The van der Waals surface area contributed by atoms with Gasteiger partial charge in [0.1, 0.15) is 0 Å². The number of rotatable bonds is 9. The molecule has 2 nitrogen and oxygen atoms in total. The normalized spacial score (nSPS) is 17.3. The Labute approximate surface area is 115 Å². The molecule has 1 fully saturated rings. The zero-order valence-corrected chi connectivity index (χ0v) is 12.5. The highest BCUT2D eigenvalue weighted by Crippen LogP contribution is 2.30. The lowest BCUT2D eigenvalue weighted by Crippen LogP contribution is -2.41. The van der Waals surface area contributed by atoms with E-state index in [-0.39, 0.29) is 0 Å². The van der Waals surface area contributed by atoms with Crippen molar-refractivity contribution in [1.29, 1.82) is 0 Å². The third kappa shape index (κ3) is 4.71. The van der Waals surface area contributed by atoms with Crippen LogP contribution in [0.3, 0.4) is 0 Å². The molecule has 0 spiro atoms. The van der Waals surface area contributed by atoms with Gasteiger partial charge in [-0.25, -0.2) is 0 Å². The van der Waals surface area contributed by atoms with E-state index in [2.05, 4.69) is 41.6 Å². The van der Waals surface area contributed by atoms with E-state index in [4.69, 9.17) is 0 Å². The monoisotopic (exact) mass is 266 g/mol. The maximum Gasteiger partial charge on any atom is 0.0300 e. The second-order valence-corrected chi connectivity index (χ2v) is 6.53. The van der Waals surface area contributed by atoms with Crippen molar-refractivity contribution in [2.45, 2.75) is 45.7 Å². The fourth-order valence-electron chi connectivity index (χ4n) is 2.36. The van der Waals surface area contributed by atoms with Crippen LogP contribution in [0.15, 0.2) is 17.5 Å². The van der Waals surface area contributed by atoms with Gasteiger partial charge in [0.15, 0.2) is 0 Å². The Balaban J connectivity index is 1.68. The van der Waals surface area contributed by atoms with E-state index in [1.807, 2.05) is 11.3 Å². The first-order valence-corrected chi connectivity index (χ1v) is 8.14. The minimum atomic E-state index is 0.658. The summed E-state index contributed by atoms with van der Waals surface area (Å²) in [5.74, 6) is 0.997. The van der Waals surface area contributed by atoms with E-state index in [0.29, 0.717) is 6.04 Å². The molecule has 1 aliphatic carbocycles. The summed E-state index contributed by atoms with van der Waals surface area (Å²) < 4.78 is 0. The summed E-state index contributed by atoms with van der Waals surface area (Å²) in [5.41, 5.74) is 0. The summed E-state index contributed by atoms with van der Waals surface area (Å²) in [5, 5.41) is 5.74. The van der Waals surface area contributed by atoms with Crippen LogP contribution < -0.4 is 5.32 Å². The van der Waals surface area contributed by atoms with Crippen molar-refractivity contribution in [2.75, 3.05) is 19.6 Å². The zero-order chi connectivity index (χ0) is 12.8. The van der Waals surface area contributed by atoms with Gasteiger partial charge in [-0.05, 0) is 50.1 Å². The molecule has 1 atom stereocenters.